The summed E-state index contributed by atoms with van der Waals surface area (Å²) in [5, 5.41) is 24.9. The van der Waals surface area contributed by atoms with Gasteiger partial charge in [-0.15, -0.1) is 0 Å². The number of hydrogen-bond acceptors (Lipinski definition) is 9. The van der Waals surface area contributed by atoms with Crippen molar-refractivity contribution in [1.82, 2.24) is 25.3 Å². The van der Waals surface area contributed by atoms with Crippen molar-refractivity contribution in [1.29, 1.82) is 0 Å². The molecule has 2 aromatic carbocycles. The maximum atomic E-state index is 14.5. The highest BCUT2D eigenvalue weighted by Gasteiger charge is 2.43. The van der Waals surface area contributed by atoms with Gasteiger partial charge in [0.1, 0.15) is 12.1 Å². The topological polar surface area (TPSA) is 195 Å². The number of aromatic carboxylic acids is 1. The minimum Gasteiger partial charge on any atom is -0.480 e. The number of amides is 4. The fourth-order valence-electron chi connectivity index (χ4n) is 8.61. The third-order valence-corrected chi connectivity index (χ3v) is 12.6. The summed E-state index contributed by atoms with van der Waals surface area (Å²) >= 11 is 0. The number of benzene rings is 2. The second kappa shape index (κ2) is 24.7. The Morgan fingerprint density at radius 3 is 2.02 bits per heavy atom. The number of carboxylic acid groups (broad SMARTS) is 2. The lowest BCUT2D eigenvalue weighted by atomic mass is 9.89. The molecule has 9 unspecified atom stereocenters. The lowest BCUT2D eigenvalue weighted by Gasteiger charge is -2.41. The molecule has 62 heavy (non-hydrogen) atoms. The highest BCUT2D eigenvalue weighted by Crippen LogP contribution is 2.30. The van der Waals surface area contributed by atoms with Crippen LogP contribution in [0, 0.1) is 17.8 Å². The lowest BCUT2D eigenvalue weighted by Crippen LogP contribution is -2.59. The summed E-state index contributed by atoms with van der Waals surface area (Å²) in [6, 6.07) is 12.2. The van der Waals surface area contributed by atoms with Crippen LogP contribution < -0.4 is 10.6 Å². The van der Waals surface area contributed by atoms with E-state index in [2.05, 4.69) is 10.6 Å². The molecular weight excluding hydrogens is 795 g/mol. The van der Waals surface area contributed by atoms with E-state index in [9.17, 15) is 39.0 Å². The van der Waals surface area contributed by atoms with Crippen molar-refractivity contribution in [3.8, 4) is 0 Å². The molecule has 1 heterocycles. The van der Waals surface area contributed by atoms with E-state index < -0.39 is 66.2 Å². The van der Waals surface area contributed by atoms with Gasteiger partial charge >= 0.3 is 11.9 Å². The summed E-state index contributed by atoms with van der Waals surface area (Å²) in [6.45, 7) is 12.3. The SMILES string of the molecule is CCC(C)C(C(CC(=O)N1CCCC1C(OC)C(C)C(=O)NC(Cc1ccccc1)C(=O)O)OC)N(C)C(=O)C(NC(=O)C(CC)N(C)CCc1ccc(C(=O)O)cc1)C(C)C. The first-order valence-electron chi connectivity index (χ1n) is 21.9. The highest BCUT2D eigenvalue weighted by molar-refractivity contribution is 5.90. The van der Waals surface area contributed by atoms with Crippen LogP contribution in [0.4, 0.5) is 0 Å². The van der Waals surface area contributed by atoms with Crippen LogP contribution in [-0.4, -0.2) is 144 Å². The Balaban J connectivity index is 1.74. The first kappa shape index (κ1) is 51.5. The molecule has 344 valence electrons. The fourth-order valence-corrected chi connectivity index (χ4v) is 8.61. The van der Waals surface area contributed by atoms with E-state index in [-0.39, 0.29) is 48.0 Å². The number of carbonyl (C=O) groups is 6. The zero-order valence-electron chi connectivity index (χ0n) is 38.3. The number of methoxy groups -OCH3 is 2. The minimum atomic E-state index is -1.15. The van der Waals surface area contributed by atoms with E-state index in [1.54, 1.807) is 60.2 Å². The van der Waals surface area contributed by atoms with Crippen LogP contribution in [0.2, 0.25) is 0 Å². The van der Waals surface area contributed by atoms with Gasteiger partial charge in [-0.3, -0.25) is 24.1 Å². The summed E-state index contributed by atoms with van der Waals surface area (Å²) in [7, 11) is 6.56. The van der Waals surface area contributed by atoms with Crippen molar-refractivity contribution in [3.05, 3.63) is 71.3 Å². The first-order valence-corrected chi connectivity index (χ1v) is 21.9. The van der Waals surface area contributed by atoms with Gasteiger partial charge in [0.2, 0.25) is 23.6 Å². The highest BCUT2D eigenvalue weighted by atomic mass is 16.5. The van der Waals surface area contributed by atoms with Gasteiger partial charge < -0.3 is 40.1 Å². The van der Waals surface area contributed by atoms with Gasteiger partial charge in [-0.1, -0.05) is 90.4 Å². The molecule has 4 N–H and O–H groups in total. The van der Waals surface area contributed by atoms with Crippen LogP contribution in [0.15, 0.2) is 54.6 Å². The van der Waals surface area contributed by atoms with Gasteiger partial charge in [0.15, 0.2) is 0 Å². The first-order chi connectivity index (χ1) is 29.4. The molecule has 0 aromatic heterocycles. The molecule has 0 radical (unpaired) electrons. The van der Waals surface area contributed by atoms with E-state index in [1.807, 2.05) is 64.8 Å². The van der Waals surface area contributed by atoms with E-state index in [1.165, 1.54) is 14.2 Å². The number of hydrogen-bond donors (Lipinski definition) is 4. The zero-order chi connectivity index (χ0) is 46.3. The number of nitrogens with one attached hydrogen (secondary N) is 2. The van der Waals surface area contributed by atoms with Crippen LogP contribution in [0.3, 0.4) is 0 Å². The van der Waals surface area contributed by atoms with Gasteiger partial charge in [0.05, 0.1) is 48.2 Å². The molecule has 3 rings (SSSR count). The summed E-state index contributed by atoms with van der Waals surface area (Å²) in [5.74, 6) is -4.54. The molecule has 1 aliphatic rings. The predicted octanol–water partition coefficient (Wildman–Crippen LogP) is 4.51. The maximum absolute atomic E-state index is 14.5. The van der Waals surface area contributed by atoms with Gasteiger partial charge in [-0.25, -0.2) is 9.59 Å². The van der Waals surface area contributed by atoms with Crippen molar-refractivity contribution in [3.63, 3.8) is 0 Å². The number of aliphatic carboxylic acids is 1. The largest absolute Gasteiger partial charge is 0.480 e. The summed E-state index contributed by atoms with van der Waals surface area (Å²) < 4.78 is 11.9. The third kappa shape index (κ3) is 13.8. The Labute approximate surface area is 367 Å². The van der Waals surface area contributed by atoms with E-state index in [0.29, 0.717) is 45.2 Å². The number of ether oxygens (including phenoxy) is 2. The van der Waals surface area contributed by atoms with Crippen molar-refractivity contribution >= 4 is 35.6 Å². The van der Waals surface area contributed by atoms with Crippen LogP contribution in [0.25, 0.3) is 0 Å². The second-order valence-corrected chi connectivity index (χ2v) is 17.1. The summed E-state index contributed by atoms with van der Waals surface area (Å²) in [5.41, 5.74) is 1.92. The Bertz CT molecular complexity index is 1780. The average molecular weight is 866 g/mol. The van der Waals surface area contributed by atoms with Gasteiger partial charge in [0, 0.05) is 40.8 Å². The molecule has 0 spiro atoms. The molecule has 4 amide bonds. The second-order valence-electron chi connectivity index (χ2n) is 17.1. The van der Waals surface area contributed by atoms with Crippen LogP contribution in [0.5, 0.6) is 0 Å². The van der Waals surface area contributed by atoms with Crippen molar-refractivity contribution in [2.24, 2.45) is 17.8 Å². The number of rotatable bonds is 25. The predicted molar refractivity (Wildman–Crippen MR) is 236 cm³/mol. The summed E-state index contributed by atoms with van der Waals surface area (Å²) in [6.07, 6.45) is 1.71. The molecule has 0 aliphatic carbocycles. The Kier molecular flexibility index (Phi) is 20.5. The van der Waals surface area contributed by atoms with E-state index >= 15 is 0 Å². The van der Waals surface area contributed by atoms with Gasteiger partial charge in [0.25, 0.3) is 0 Å². The van der Waals surface area contributed by atoms with Crippen molar-refractivity contribution in [2.75, 3.05) is 41.4 Å². The Morgan fingerprint density at radius 1 is 0.839 bits per heavy atom. The number of carbonyl (C=O) groups excluding carboxylic acids is 4. The number of carboxylic acids is 2. The third-order valence-electron chi connectivity index (χ3n) is 12.6. The van der Waals surface area contributed by atoms with Crippen LogP contribution in [-0.2, 0) is 46.3 Å². The quantitative estimate of drug-likeness (QED) is 0.110. The number of likely N-dealkylation sites (tertiary alicyclic amines) is 1. The maximum Gasteiger partial charge on any atom is 0.335 e. The monoisotopic (exact) mass is 866 g/mol. The molecule has 1 aliphatic heterocycles. The molecule has 0 saturated carbocycles. The lowest BCUT2D eigenvalue weighted by molar-refractivity contribution is -0.148. The van der Waals surface area contributed by atoms with Crippen LogP contribution >= 0.6 is 0 Å². The van der Waals surface area contributed by atoms with Crippen LogP contribution in [0.1, 0.15) is 95.1 Å². The molecule has 1 fully saturated rings. The number of likely N-dealkylation sites (N-methyl/N-ethyl adjacent to an activating group) is 2. The molecule has 15 nitrogen and oxygen atoms in total. The van der Waals surface area contributed by atoms with E-state index in [0.717, 1.165) is 11.1 Å². The molecular formula is C47H71N5O10. The molecule has 9 atom stereocenters. The standard InChI is InChI=1S/C47H71N5O10/c1-11-30(5)41(51(8)45(56)40(29(3)4)49-44(55)36(12-2)50(7)26-24-32-20-22-34(23-21-32)46(57)58)38(61-9)28-39(53)52-25-16-19-37(52)42(62-10)31(6)43(54)48-35(47(59)60)27-33-17-14-13-15-18-33/h13-15,17-18,20-23,29-31,35-38,40-42H,11-12,16,19,24-28H2,1-10H3,(H,48,54)(H,49,55)(H,57,58)(H,59,60). The number of nitrogens with zero attached hydrogens (tertiary/aromatic N) is 3. The fraction of sp³-hybridized carbons (Fsp3) is 0.617. The smallest absolute Gasteiger partial charge is 0.335 e. The molecule has 15 heteroatoms. The minimum absolute atomic E-state index is 0.0464. The molecule has 2 aromatic rings. The van der Waals surface area contributed by atoms with Gasteiger partial charge in [-0.2, -0.15) is 0 Å². The van der Waals surface area contributed by atoms with Gasteiger partial charge in [-0.05, 0) is 67.8 Å². The van der Waals surface area contributed by atoms with E-state index in [4.69, 9.17) is 9.47 Å². The zero-order valence-corrected chi connectivity index (χ0v) is 38.3. The average Bonchev–Trinajstić information content (AvgIpc) is 3.74. The Hall–Kier alpha value is -4.86. The Morgan fingerprint density at radius 2 is 1.48 bits per heavy atom. The molecule has 1 saturated heterocycles. The van der Waals surface area contributed by atoms with Crippen molar-refractivity contribution < 1.29 is 48.5 Å². The summed E-state index contributed by atoms with van der Waals surface area (Å²) in [4.78, 5) is 84.8. The van der Waals surface area contributed by atoms with Crippen molar-refractivity contribution in [2.45, 2.75) is 129 Å². The molecule has 0 bridgehead atoms. The normalized spacial score (nSPS) is 17.9.